The van der Waals surface area contributed by atoms with Crippen LogP contribution in [0.1, 0.15) is 18.5 Å². The Bertz CT molecular complexity index is 373. The molecule has 0 amide bonds. The lowest BCUT2D eigenvalue weighted by Gasteiger charge is -2.18. The highest BCUT2D eigenvalue weighted by Gasteiger charge is 2.24. The van der Waals surface area contributed by atoms with E-state index in [9.17, 15) is 0 Å². The number of benzene rings is 1. The summed E-state index contributed by atoms with van der Waals surface area (Å²) in [7, 11) is 4.07. The van der Waals surface area contributed by atoms with Crippen LogP contribution in [0.25, 0.3) is 0 Å². The van der Waals surface area contributed by atoms with Crippen molar-refractivity contribution in [2.45, 2.75) is 19.0 Å². The summed E-state index contributed by atoms with van der Waals surface area (Å²) >= 11 is 0. The van der Waals surface area contributed by atoms with Gasteiger partial charge in [0.2, 0.25) is 5.90 Å². The van der Waals surface area contributed by atoms with Gasteiger partial charge < -0.3 is 4.74 Å². The molecule has 1 aromatic rings. The highest BCUT2D eigenvalue weighted by molar-refractivity contribution is 5.82. The molecule has 1 heterocycles. The third-order valence-corrected chi connectivity index (χ3v) is 2.99. The lowest BCUT2D eigenvalue weighted by molar-refractivity contribution is 0.273. The summed E-state index contributed by atoms with van der Waals surface area (Å²) in [5.74, 6) is 0.846. The molecule has 3 heteroatoms. The predicted molar refractivity (Wildman–Crippen MR) is 65.7 cm³/mol. The van der Waals surface area contributed by atoms with Crippen LogP contribution in [0.15, 0.2) is 35.3 Å². The largest absolute Gasteiger partial charge is 0.477 e. The molecule has 2 rings (SSSR count). The zero-order chi connectivity index (χ0) is 11.5. The van der Waals surface area contributed by atoms with Crippen molar-refractivity contribution < 1.29 is 4.74 Å². The third kappa shape index (κ3) is 2.25. The van der Waals surface area contributed by atoms with Gasteiger partial charge in [0.05, 0.1) is 6.04 Å². The summed E-state index contributed by atoms with van der Waals surface area (Å²) in [6.07, 6.45) is 0. The van der Waals surface area contributed by atoms with Gasteiger partial charge in [0, 0.05) is 0 Å². The Morgan fingerprint density at radius 1 is 1.31 bits per heavy atom. The summed E-state index contributed by atoms with van der Waals surface area (Å²) in [6.45, 7) is 2.77. The molecule has 3 nitrogen and oxygen atoms in total. The smallest absolute Gasteiger partial charge is 0.201 e. The van der Waals surface area contributed by atoms with Crippen LogP contribution in [0.3, 0.4) is 0 Å². The van der Waals surface area contributed by atoms with Gasteiger partial charge in [-0.15, -0.1) is 0 Å². The monoisotopic (exact) mass is 218 g/mol. The zero-order valence-electron chi connectivity index (χ0n) is 10.1. The number of ether oxygens (including phenoxy) is 1. The van der Waals surface area contributed by atoms with Gasteiger partial charge in [-0.2, -0.15) is 0 Å². The van der Waals surface area contributed by atoms with Gasteiger partial charge in [-0.25, -0.2) is 4.99 Å². The van der Waals surface area contributed by atoms with Crippen LogP contribution in [0.4, 0.5) is 0 Å². The molecule has 0 bridgehead atoms. The van der Waals surface area contributed by atoms with Crippen molar-refractivity contribution in [1.29, 1.82) is 0 Å². The molecule has 0 saturated carbocycles. The van der Waals surface area contributed by atoms with Crippen molar-refractivity contribution in [3.05, 3.63) is 35.9 Å². The van der Waals surface area contributed by atoms with Crippen molar-refractivity contribution in [2.75, 3.05) is 20.7 Å². The maximum Gasteiger partial charge on any atom is 0.201 e. The van der Waals surface area contributed by atoms with Gasteiger partial charge in [-0.3, -0.25) is 4.90 Å². The topological polar surface area (TPSA) is 24.8 Å². The molecule has 16 heavy (non-hydrogen) atoms. The maximum absolute atomic E-state index is 5.65. The SMILES string of the molecule is C[C@H](C1=N[C@H](c2ccccc2)CO1)N(C)C. The number of nitrogens with zero attached hydrogens (tertiary/aromatic N) is 2. The number of likely N-dealkylation sites (N-methyl/N-ethyl adjacent to an activating group) is 1. The van der Waals surface area contributed by atoms with E-state index in [0.29, 0.717) is 6.61 Å². The number of hydrogen-bond acceptors (Lipinski definition) is 3. The summed E-state index contributed by atoms with van der Waals surface area (Å²) in [5, 5.41) is 0. The van der Waals surface area contributed by atoms with Gasteiger partial charge in [0.15, 0.2) is 0 Å². The van der Waals surface area contributed by atoms with Crippen molar-refractivity contribution in [2.24, 2.45) is 4.99 Å². The van der Waals surface area contributed by atoms with Crippen LogP contribution in [0.5, 0.6) is 0 Å². The molecule has 0 aromatic heterocycles. The van der Waals surface area contributed by atoms with Crippen LogP contribution < -0.4 is 0 Å². The molecule has 1 aliphatic rings. The quantitative estimate of drug-likeness (QED) is 0.776. The summed E-state index contributed by atoms with van der Waals surface area (Å²) < 4.78 is 5.65. The first-order valence-corrected chi connectivity index (χ1v) is 5.60. The zero-order valence-corrected chi connectivity index (χ0v) is 10.1. The van der Waals surface area contributed by atoms with Crippen molar-refractivity contribution >= 4 is 5.90 Å². The molecule has 0 saturated heterocycles. The van der Waals surface area contributed by atoms with Crippen molar-refractivity contribution in [1.82, 2.24) is 4.90 Å². The highest BCUT2D eigenvalue weighted by atomic mass is 16.5. The number of rotatable bonds is 3. The van der Waals surface area contributed by atoms with Gasteiger partial charge >= 0.3 is 0 Å². The van der Waals surface area contributed by atoms with Crippen molar-refractivity contribution in [3.63, 3.8) is 0 Å². The normalized spacial score (nSPS) is 21.8. The molecule has 0 unspecified atom stereocenters. The van der Waals surface area contributed by atoms with Gasteiger partial charge in [-0.1, -0.05) is 30.3 Å². The second kappa shape index (κ2) is 4.66. The van der Waals surface area contributed by atoms with E-state index in [-0.39, 0.29) is 12.1 Å². The lowest BCUT2D eigenvalue weighted by Crippen LogP contribution is -2.32. The predicted octanol–water partition coefficient (Wildman–Crippen LogP) is 2.11. The summed E-state index contributed by atoms with van der Waals surface area (Å²) in [5.41, 5.74) is 1.23. The van der Waals surface area contributed by atoms with E-state index >= 15 is 0 Å². The second-order valence-corrected chi connectivity index (χ2v) is 4.34. The van der Waals surface area contributed by atoms with E-state index in [2.05, 4.69) is 28.9 Å². The Kier molecular flexibility index (Phi) is 3.25. The molecule has 2 atom stereocenters. The van der Waals surface area contributed by atoms with E-state index < -0.39 is 0 Å². The van der Waals surface area contributed by atoms with Crippen LogP contribution >= 0.6 is 0 Å². The molecular weight excluding hydrogens is 200 g/mol. The standard InChI is InChI=1S/C13H18N2O/c1-10(15(2)3)13-14-12(9-16-13)11-7-5-4-6-8-11/h4-8,10,12H,9H2,1-3H3/t10-,12+/m1/s1. The number of aliphatic imine (C=N–C) groups is 1. The first-order chi connectivity index (χ1) is 7.68. The Morgan fingerprint density at radius 2 is 2.00 bits per heavy atom. The fraction of sp³-hybridized carbons (Fsp3) is 0.462. The first kappa shape index (κ1) is 11.1. The molecule has 1 aromatic carbocycles. The summed E-state index contributed by atoms with van der Waals surface area (Å²) in [4.78, 5) is 6.74. The van der Waals surface area contributed by atoms with Crippen LogP contribution in [0, 0.1) is 0 Å². The van der Waals surface area contributed by atoms with E-state index in [4.69, 9.17) is 4.74 Å². The van der Waals surface area contributed by atoms with E-state index in [1.54, 1.807) is 0 Å². The molecule has 86 valence electrons. The van der Waals surface area contributed by atoms with Crippen LogP contribution in [-0.2, 0) is 4.74 Å². The second-order valence-electron chi connectivity index (χ2n) is 4.34. The van der Waals surface area contributed by atoms with Gasteiger partial charge in [0.1, 0.15) is 12.6 Å². The van der Waals surface area contributed by atoms with Crippen LogP contribution in [0.2, 0.25) is 0 Å². The molecular formula is C13H18N2O. The minimum Gasteiger partial charge on any atom is -0.477 e. The Morgan fingerprint density at radius 3 is 2.62 bits per heavy atom. The Balaban J connectivity index is 2.12. The van der Waals surface area contributed by atoms with Gasteiger partial charge in [-0.05, 0) is 26.6 Å². The molecule has 0 spiro atoms. The highest BCUT2D eigenvalue weighted by Crippen LogP contribution is 2.23. The first-order valence-electron chi connectivity index (χ1n) is 5.60. The maximum atomic E-state index is 5.65. The van der Waals surface area contributed by atoms with Gasteiger partial charge in [0.25, 0.3) is 0 Å². The minimum absolute atomic E-state index is 0.165. The third-order valence-electron chi connectivity index (χ3n) is 2.99. The van der Waals surface area contributed by atoms with E-state index in [0.717, 1.165) is 5.90 Å². The average molecular weight is 218 g/mol. The molecule has 0 fully saturated rings. The minimum atomic E-state index is 0.165. The molecule has 1 aliphatic heterocycles. The Hall–Kier alpha value is -1.35. The lowest BCUT2D eigenvalue weighted by atomic mass is 10.1. The van der Waals surface area contributed by atoms with Crippen molar-refractivity contribution in [3.8, 4) is 0 Å². The average Bonchev–Trinajstić information content (AvgIpc) is 2.78. The fourth-order valence-electron chi connectivity index (χ4n) is 1.69. The fourth-order valence-corrected chi connectivity index (χ4v) is 1.69. The van der Waals surface area contributed by atoms with Crippen LogP contribution in [-0.4, -0.2) is 37.5 Å². The van der Waals surface area contributed by atoms with E-state index in [1.807, 2.05) is 32.3 Å². The number of hydrogen-bond donors (Lipinski definition) is 0. The molecule has 0 radical (unpaired) electrons. The van der Waals surface area contributed by atoms with E-state index in [1.165, 1.54) is 5.56 Å². The molecule has 0 N–H and O–H groups in total. The summed E-state index contributed by atoms with van der Waals surface area (Å²) in [6, 6.07) is 10.7. The molecule has 0 aliphatic carbocycles. The Labute approximate surface area is 96.7 Å².